The largest absolute Gasteiger partial charge is 0.297 e. The monoisotopic (exact) mass is 179 g/mol. The maximum atomic E-state index is 11.8. The molecule has 1 unspecified atom stereocenters. The molecule has 12 heavy (non-hydrogen) atoms. The van der Waals surface area contributed by atoms with Gasteiger partial charge in [-0.2, -0.15) is 0 Å². The summed E-state index contributed by atoms with van der Waals surface area (Å²) in [6, 6.07) is 0. The van der Waals surface area contributed by atoms with E-state index < -0.39 is 6.43 Å². The molecule has 0 amide bonds. The Kier molecular flexibility index (Phi) is 6.25. The van der Waals surface area contributed by atoms with E-state index in [1.807, 2.05) is 18.7 Å². The Morgan fingerprint density at radius 2 is 2.00 bits per heavy atom. The molecule has 0 aromatic carbocycles. The molecule has 0 aromatic rings. The van der Waals surface area contributed by atoms with Crippen LogP contribution in [0.2, 0.25) is 0 Å². The van der Waals surface area contributed by atoms with Gasteiger partial charge < -0.3 is 0 Å². The Hall–Kier alpha value is -0.180. The van der Waals surface area contributed by atoms with Crippen LogP contribution in [0.25, 0.3) is 0 Å². The number of nitrogens with zero attached hydrogens (tertiary/aromatic N) is 1. The SMILES string of the molecule is CC.CC1CCN(CC(F)F)C1. The molecular weight excluding hydrogens is 160 g/mol. The summed E-state index contributed by atoms with van der Waals surface area (Å²) in [5.41, 5.74) is 0. The summed E-state index contributed by atoms with van der Waals surface area (Å²) in [5, 5.41) is 0. The van der Waals surface area contributed by atoms with Crippen molar-refractivity contribution >= 4 is 0 Å². The van der Waals surface area contributed by atoms with Crippen LogP contribution in [-0.4, -0.2) is 31.0 Å². The summed E-state index contributed by atoms with van der Waals surface area (Å²) in [4.78, 5) is 1.83. The van der Waals surface area contributed by atoms with E-state index >= 15 is 0 Å². The van der Waals surface area contributed by atoms with Gasteiger partial charge in [-0.05, 0) is 18.9 Å². The molecule has 1 rings (SSSR count). The molecule has 0 N–H and O–H groups in total. The fourth-order valence-electron chi connectivity index (χ4n) is 1.39. The molecule has 1 fully saturated rings. The zero-order valence-electron chi connectivity index (χ0n) is 8.19. The Balaban J connectivity index is 0.000000561. The normalized spacial score (nSPS) is 24.0. The number of hydrogen-bond donors (Lipinski definition) is 0. The lowest BCUT2D eigenvalue weighted by Gasteiger charge is -2.13. The zero-order valence-corrected chi connectivity index (χ0v) is 8.19. The molecule has 1 nitrogen and oxygen atoms in total. The first kappa shape index (κ1) is 11.8. The van der Waals surface area contributed by atoms with Gasteiger partial charge in [-0.25, -0.2) is 8.78 Å². The van der Waals surface area contributed by atoms with Crippen molar-refractivity contribution in [3.63, 3.8) is 0 Å². The van der Waals surface area contributed by atoms with Crippen molar-refractivity contribution in [1.82, 2.24) is 4.90 Å². The Morgan fingerprint density at radius 3 is 2.33 bits per heavy atom. The van der Waals surface area contributed by atoms with Gasteiger partial charge in [0.05, 0.1) is 6.54 Å². The zero-order chi connectivity index (χ0) is 9.56. The molecule has 3 heteroatoms. The van der Waals surface area contributed by atoms with Gasteiger partial charge in [0, 0.05) is 6.54 Å². The van der Waals surface area contributed by atoms with Crippen molar-refractivity contribution < 1.29 is 8.78 Å². The van der Waals surface area contributed by atoms with E-state index in [-0.39, 0.29) is 6.54 Å². The van der Waals surface area contributed by atoms with Gasteiger partial charge in [-0.3, -0.25) is 4.90 Å². The molecule has 0 radical (unpaired) electrons. The molecule has 1 atom stereocenters. The summed E-state index contributed by atoms with van der Waals surface area (Å²) in [6.07, 6.45) is -1.09. The number of alkyl halides is 2. The van der Waals surface area contributed by atoms with E-state index in [1.165, 1.54) is 0 Å². The van der Waals surface area contributed by atoms with Gasteiger partial charge in [0.15, 0.2) is 0 Å². The highest BCUT2D eigenvalue weighted by Gasteiger charge is 2.20. The summed E-state index contributed by atoms with van der Waals surface area (Å²) < 4.78 is 23.5. The van der Waals surface area contributed by atoms with E-state index in [4.69, 9.17) is 0 Å². The van der Waals surface area contributed by atoms with Gasteiger partial charge >= 0.3 is 0 Å². The molecule has 1 aliphatic heterocycles. The van der Waals surface area contributed by atoms with Gasteiger partial charge in [0.25, 0.3) is 6.43 Å². The second-order valence-corrected chi connectivity index (χ2v) is 3.04. The second kappa shape index (κ2) is 6.35. The van der Waals surface area contributed by atoms with Crippen LogP contribution in [0.15, 0.2) is 0 Å². The van der Waals surface area contributed by atoms with Crippen molar-refractivity contribution in [3.8, 4) is 0 Å². The van der Waals surface area contributed by atoms with Crippen molar-refractivity contribution in [3.05, 3.63) is 0 Å². The molecule has 1 heterocycles. The van der Waals surface area contributed by atoms with Crippen LogP contribution in [-0.2, 0) is 0 Å². The molecule has 0 aliphatic carbocycles. The topological polar surface area (TPSA) is 3.24 Å². The summed E-state index contributed by atoms with van der Waals surface area (Å²) in [7, 11) is 0. The Labute approximate surface area is 73.7 Å². The molecule has 0 bridgehead atoms. The van der Waals surface area contributed by atoms with Gasteiger partial charge in [-0.15, -0.1) is 0 Å². The molecule has 74 valence electrons. The predicted octanol–water partition coefficient (Wildman–Crippen LogP) is 2.62. The minimum atomic E-state index is -2.16. The van der Waals surface area contributed by atoms with Gasteiger partial charge in [-0.1, -0.05) is 20.8 Å². The highest BCUT2D eigenvalue weighted by Crippen LogP contribution is 2.15. The standard InChI is InChI=1S/C7H13F2N.C2H6/c1-6-2-3-10(4-6)5-7(8)9;1-2/h6-7H,2-5H2,1H3;1-2H3. The third-order valence-electron chi connectivity index (χ3n) is 1.90. The lowest BCUT2D eigenvalue weighted by molar-refractivity contribution is 0.0983. The van der Waals surface area contributed by atoms with E-state index in [2.05, 4.69) is 6.92 Å². The van der Waals surface area contributed by atoms with Crippen LogP contribution in [0.1, 0.15) is 27.2 Å². The fraction of sp³-hybridized carbons (Fsp3) is 1.00. The predicted molar refractivity (Wildman–Crippen MR) is 47.6 cm³/mol. The van der Waals surface area contributed by atoms with Crippen LogP contribution in [0.4, 0.5) is 8.78 Å². The number of halogens is 2. The molecule has 0 saturated carbocycles. The molecular formula is C9H19F2N. The average molecular weight is 179 g/mol. The highest BCUT2D eigenvalue weighted by molar-refractivity contribution is 4.72. The Bertz CT molecular complexity index is 107. The van der Waals surface area contributed by atoms with Crippen molar-refractivity contribution in [2.75, 3.05) is 19.6 Å². The first-order chi connectivity index (χ1) is 5.68. The van der Waals surface area contributed by atoms with Crippen LogP contribution >= 0.6 is 0 Å². The third-order valence-corrected chi connectivity index (χ3v) is 1.90. The fourth-order valence-corrected chi connectivity index (χ4v) is 1.39. The van der Waals surface area contributed by atoms with Gasteiger partial charge in [0.1, 0.15) is 0 Å². The van der Waals surface area contributed by atoms with Crippen LogP contribution in [0.5, 0.6) is 0 Å². The maximum Gasteiger partial charge on any atom is 0.251 e. The summed E-state index contributed by atoms with van der Waals surface area (Å²) >= 11 is 0. The minimum Gasteiger partial charge on any atom is -0.297 e. The Morgan fingerprint density at radius 1 is 1.42 bits per heavy atom. The smallest absolute Gasteiger partial charge is 0.251 e. The maximum absolute atomic E-state index is 11.8. The summed E-state index contributed by atoms with van der Waals surface area (Å²) in [5.74, 6) is 0.610. The van der Waals surface area contributed by atoms with E-state index in [1.54, 1.807) is 0 Å². The number of likely N-dealkylation sites (tertiary alicyclic amines) is 1. The van der Waals surface area contributed by atoms with E-state index in [9.17, 15) is 8.78 Å². The van der Waals surface area contributed by atoms with Crippen molar-refractivity contribution in [2.45, 2.75) is 33.6 Å². The van der Waals surface area contributed by atoms with Gasteiger partial charge in [0.2, 0.25) is 0 Å². The summed E-state index contributed by atoms with van der Waals surface area (Å²) in [6.45, 7) is 7.77. The quantitative estimate of drug-likeness (QED) is 0.630. The molecule has 1 aliphatic rings. The third kappa shape index (κ3) is 4.65. The molecule has 1 saturated heterocycles. The van der Waals surface area contributed by atoms with Crippen molar-refractivity contribution in [2.24, 2.45) is 5.92 Å². The van der Waals surface area contributed by atoms with E-state index in [0.717, 1.165) is 19.5 Å². The number of rotatable bonds is 2. The number of hydrogen-bond acceptors (Lipinski definition) is 1. The molecule has 0 spiro atoms. The first-order valence-corrected chi connectivity index (χ1v) is 4.69. The lowest BCUT2D eigenvalue weighted by Crippen LogP contribution is -2.26. The average Bonchev–Trinajstić information content (AvgIpc) is 2.39. The van der Waals surface area contributed by atoms with Crippen molar-refractivity contribution in [1.29, 1.82) is 0 Å². The first-order valence-electron chi connectivity index (χ1n) is 4.69. The van der Waals surface area contributed by atoms with Crippen LogP contribution in [0.3, 0.4) is 0 Å². The second-order valence-electron chi connectivity index (χ2n) is 3.04. The highest BCUT2D eigenvalue weighted by atomic mass is 19.3. The van der Waals surface area contributed by atoms with Crippen LogP contribution in [0, 0.1) is 5.92 Å². The van der Waals surface area contributed by atoms with Crippen LogP contribution < -0.4 is 0 Å². The lowest BCUT2D eigenvalue weighted by atomic mass is 10.2. The minimum absolute atomic E-state index is 0.0374. The molecule has 0 aromatic heterocycles. The van der Waals surface area contributed by atoms with E-state index in [0.29, 0.717) is 5.92 Å².